The molecule has 3 atom stereocenters. The van der Waals surface area contributed by atoms with Gasteiger partial charge in [-0.05, 0) is 19.3 Å². The molecule has 0 rings (SSSR count). The van der Waals surface area contributed by atoms with Crippen LogP contribution in [-0.4, -0.2) is 68.5 Å². The highest BCUT2D eigenvalue weighted by Crippen LogP contribution is 2.38. The molecule has 0 aliphatic rings. The number of quaternary nitrogens is 1. The molecule has 0 aliphatic heterocycles. The van der Waals surface area contributed by atoms with Crippen LogP contribution >= 0.6 is 7.82 Å². The van der Waals surface area contributed by atoms with E-state index in [1.165, 1.54) is 141 Å². The van der Waals surface area contributed by atoms with Gasteiger partial charge in [-0.15, -0.1) is 0 Å². The maximum absolute atomic E-state index is 12.8. The van der Waals surface area contributed by atoms with Crippen molar-refractivity contribution in [1.82, 2.24) is 5.32 Å². The molecular formula is C42H85N2O6P. The van der Waals surface area contributed by atoms with Crippen LogP contribution in [-0.2, 0) is 18.4 Å². The highest BCUT2D eigenvalue weighted by molar-refractivity contribution is 7.45. The van der Waals surface area contributed by atoms with Crippen LogP contribution in [0.15, 0.2) is 12.2 Å². The van der Waals surface area contributed by atoms with Gasteiger partial charge in [0.1, 0.15) is 13.2 Å². The summed E-state index contributed by atoms with van der Waals surface area (Å²) in [7, 11) is 1.27. The van der Waals surface area contributed by atoms with Crippen molar-refractivity contribution in [2.24, 2.45) is 0 Å². The molecule has 0 spiro atoms. The number of unbranched alkanes of at least 4 members (excludes halogenated alkanes) is 26. The number of allylic oxidation sites excluding steroid dienone is 1. The van der Waals surface area contributed by atoms with Gasteiger partial charge in [0.15, 0.2) is 0 Å². The molecule has 1 unspecified atom stereocenters. The fraction of sp³-hybridized carbons (Fsp3) is 0.929. The van der Waals surface area contributed by atoms with Gasteiger partial charge in [-0.25, -0.2) is 0 Å². The topological polar surface area (TPSA) is 108 Å². The van der Waals surface area contributed by atoms with E-state index in [4.69, 9.17) is 9.05 Å². The zero-order chi connectivity index (χ0) is 37.9. The predicted octanol–water partition coefficient (Wildman–Crippen LogP) is 10.9. The molecule has 0 bridgehead atoms. The Balaban J connectivity index is 4.41. The van der Waals surface area contributed by atoms with Crippen LogP contribution in [0.5, 0.6) is 0 Å². The molecule has 304 valence electrons. The smallest absolute Gasteiger partial charge is 0.268 e. The van der Waals surface area contributed by atoms with Crippen molar-refractivity contribution in [2.75, 3.05) is 40.9 Å². The Bertz CT molecular complexity index is 850. The molecule has 51 heavy (non-hydrogen) atoms. The minimum Gasteiger partial charge on any atom is -0.756 e. The summed E-state index contributed by atoms with van der Waals surface area (Å²) in [6.07, 6.45) is 38.2. The van der Waals surface area contributed by atoms with E-state index in [0.29, 0.717) is 17.4 Å². The summed E-state index contributed by atoms with van der Waals surface area (Å²) in [6, 6.07) is -0.878. The zero-order valence-corrected chi connectivity index (χ0v) is 35.2. The minimum atomic E-state index is -4.58. The molecule has 0 fully saturated rings. The van der Waals surface area contributed by atoms with Gasteiger partial charge in [-0.1, -0.05) is 187 Å². The van der Waals surface area contributed by atoms with Gasteiger partial charge in [0, 0.05) is 6.42 Å². The third kappa shape index (κ3) is 37.4. The maximum Gasteiger partial charge on any atom is 0.268 e. The van der Waals surface area contributed by atoms with Crippen molar-refractivity contribution >= 4 is 13.7 Å². The van der Waals surface area contributed by atoms with Crippen molar-refractivity contribution in [3.8, 4) is 0 Å². The molecule has 0 heterocycles. The number of carbonyl (C=O) groups is 1. The van der Waals surface area contributed by atoms with Crippen LogP contribution in [0.4, 0.5) is 0 Å². The molecule has 2 N–H and O–H groups in total. The van der Waals surface area contributed by atoms with Crippen LogP contribution in [0.1, 0.15) is 200 Å². The Labute approximate surface area is 316 Å². The number of nitrogens with zero attached hydrogens (tertiary/aromatic N) is 1. The normalized spacial score (nSPS) is 14.6. The third-order valence-electron chi connectivity index (χ3n) is 9.75. The van der Waals surface area contributed by atoms with Gasteiger partial charge in [0.25, 0.3) is 7.82 Å². The van der Waals surface area contributed by atoms with Crippen LogP contribution in [0, 0.1) is 0 Å². The van der Waals surface area contributed by atoms with E-state index in [2.05, 4.69) is 19.2 Å². The Hall–Kier alpha value is -0.760. The van der Waals surface area contributed by atoms with Gasteiger partial charge in [-0.3, -0.25) is 9.36 Å². The number of likely N-dealkylation sites (N-methyl/N-ethyl adjacent to an activating group) is 1. The second-order valence-corrected chi connectivity index (χ2v) is 17.5. The first-order chi connectivity index (χ1) is 24.5. The average Bonchev–Trinajstić information content (AvgIpc) is 3.07. The second kappa shape index (κ2) is 35.0. The lowest BCUT2D eigenvalue weighted by Crippen LogP contribution is -2.45. The maximum atomic E-state index is 12.8. The predicted molar refractivity (Wildman–Crippen MR) is 215 cm³/mol. The number of hydrogen-bond donors (Lipinski definition) is 2. The fourth-order valence-corrected chi connectivity index (χ4v) is 6.99. The van der Waals surface area contributed by atoms with Crippen molar-refractivity contribution in [3.05, 3.63) is 12.2 Å². The molecule has 0 saturated carbocycles. The number of nitrogens with one attached hydrogen (secondary N) is 1. The lowest BCUT2D eigenvalue weighted by molar-refractivity contribution is -0.870. The molecule has 8 nitrogen and oxygen atoms in total. The summed E-state index contributed by atoms with van der Waals surface area (Å²) in [5.41, 5.74) is 0. The summed E-state index contributed by atoms with van der Waals surface area (Å²) >= 11 is 0. The van der Waals surface area contributed by atoms with Crippen LogP contribution in [0.2, 0.25) is 0 Å². The Kier molecular flexibility index (Phi) is 34.5. The van der Waals surface area contributed by atoms with E-state index in [-0.39, 0.29) is 19.1 Å². The summed E-state index contributed by atoms with van der Waals surface area (Å²) < 4.78 is 23.2. The standard InChI is InChI=1S/C42H85N2O6P/c1-6-8-10-12-14-16-18-20-21-22-24-26-28-30-32-34-36-42(46)43-40(39-50-51(47,48)49-38-37-44(3,4)5)41(45)35-33-31-29-27-25-23-19-17-15-13-11-9-7-2/h33,35,40-41,45H,6-32,34,36-39H2,1-5H3,(H-,43,46,47,48)/b35-33+/t40-,41+/m0/s1. The number of carbonyl (C=O) groups excluding carboxylic acids is 1. The number of aliphatic hydroxyl groups excluding tert-OH is 1. The first-order valence-electron chi connectivity index (χ1n) is 21.6. The molecule has 1 amide bonds. The molecule has 0 aromatic heterocycles. The zero-order valence-electron chi connectivity index (χ0n) is 34.3. The number of phosphoric acid groups is 1. The monoisotopic (exact) mass is 745 g/mol. The third-order valence-corrected chi connectivity index (χ3v) is 10.7. The molecule has 0 aliphatic carbocycles. The Morgan fingerprint density at radius 1 is 0.667 bits per heavy atom. The number of amides is 1. The van der Waals surface area contributed by atoms with E-state index in [0.717, 1.165) is 38.5 Å². The lowest BCUT2D eigenvalue weighted by Gasteiger charge is -2.29. The summed E-state index contributed by atoms with van der Waals surface area (Å²) in [5, 5.41) is 13.7. The SMILES string of the molecule is CCCCCCCCCCCCC/C=C/[C@@H](O)[C@H](COP(=O)([O-])OCC[N+](C)(C)C)NC(=O)CCCCCCCCCCCCCCCCCC. The number of phosphoric ester groups is 1. The quantitative estimate of drug-likeness (QED) is 0.0281. The van der Waals surface area contributed by atoms with Gasteiger partial charge in [-0.2, -0.15) is 0 Å². The van der Waals surface area contributed by atoms with Crippen molar-refractivity contribution in [2.45, 2.75) is 212 Å². The van der Waals surface area contributed by atoms with Gasteiger partial charge in [0.2, 0.25) is 5.91 Å². The fourth-order valence-electron chi connectivity index (χ4n) is 6.27. The Morgan fingerprint density at radius 3 is 1.47 bits per heavy atom. The summed E-state index contributed by atoms with van der Waals surface area (Å²) in [6.45, 7) is 4.65. The van der Waals surface area contributed by atoms with Crippen LogP contribution < -0.4 is 10.2 Å². The van der Waals surface area contributed by atoms with Crippen molar-refractivity contribution < 1.29 is 32.9 Å². The van der Waals surface area contributed by atoms with E-state index < -0.39 is 20.0 Å². The Morgan fingerprint density at radius 2 is 1.06 bits per heavy atom. The number of aliphatic hydroxyl groups is 1. The lowest BCUT2D eigenvalue weighted by atomic mass is 10.0. The van der Waals surface area contributed by atoms with Crippen molar-refractivity contribution in [3.63, 3.8) is 0 Å². The average molecular weight is 745 g/mol. The summed E-state index contributed by atoms with van der Waals surface area (Å²) in [5.74, 6) is -0.196. The van der Waals surface area contributed by atoms with Crippen LogP contribution in [0.25, 0.3) is 0 Å². The molecule has 0 aromatic rings. The second-order valence-electron chi connectivity index (χ2n) is 16.1. The first-order valence-corrected chi connectivity index (χ1v) is 23.0. The molecule has 9 heteroatoms. The van der Waals surface area contributed by atoms with E-state index >= 15 is 0 Å². The first kappa shape index (κ1) is 50.2. The molecule has 0 aromatic carbocycles. The van der Waals surface area contributed by atoms with Gasteiger partial charge in [0.05, 0.1) is 39.9 Å². The van der Waals surface area contributed by atoms with E-state index in [1.807, 2.05) is 27.2 Å². The van der Waals surface area contributed by atoms with Crippen molar-refractivity contribution in [1.29, 1.82) is 0 Å². The van der Waals surface area contributed by atoms with E-state index in [9.17, 15) is 19.4 Å². The molecule has 0 radical (unpaired) electrons. The van der Waals surface area contributed by atoms with E-state index in [1.54, 1.807) is 6.08 Å². The largest absolute Gasteiger partial charge is 0.756 e. The number of hydrogen-bond acceptors (Lipinski definition) is 6. The highest BCUT2D eigenvalue weighted by atomic mass is 31.2. The minimum absolute atomic E-state index is 0.00196. The molecule has 0 saturated heterocycles. The number of rotatable bonds is 39. The summed E-state index contributed by atoms with van der Waals surface area (Å²) in [4.78, 5) is 25.2. The highest BCUT2D eigenvalue weighted by Gasteiger charge is 2.23. The van der Waals surface area contributed by atoms with Gasteiger partial charge < -0.3 is 28.8 Å². The molecular weight excluding hydrogens is 659 g/mol. The van der Waals surface area contributed by atoms with Crippen LogP contribution in [0.3, 0.4) is 0 Å². The van der Waals surface area contributed by atoms with Gasteiger partial charge >= 0.3 is 0 Å².